The minimum absolute atomic E-state index is 0.00767. The molecule has 2 aliphatic rings. The third kappa shape index (κ3) is 4.94. The Balaban J connectivity index is 1.71. The predicted octanol–water partition coefficient (Wildman–Crippen LogP) is 4.41. The minimum atomic E-state index is -0.870. The normalized spacial score (nSPS) is 16.9. The van der Waals surface area contributed by atoms with Crippen molar-refractivity contribution in [3.05, 3.63) is 59.4 Å². The fourth-order valence-electron chi connectivity index (χ4n) is 4.45. The van der Waals surface area contributed by atoms with Gasteiger partial charge in [-0.3, -0.25) is 10.1 Å². The summed E-state index contributed by atoms with van der Waals surface area (Å²) in [7, 11) is 1.50. The fraction of sp³-hybridized carbons (Fsp3) is 0.360. The van der Waals surface area contributed by atoms with Crippen LogP contribution in [0.25, 0.3) is 17.0 Å². The molecule has 0 saturated heterocycles. The zero-order valence-corrected chi connectivity index (χ0v) is 18.3. The number of hydrogen-bond acceptors (Lipinski definition) is 5. The number of nitrogens with one attached hydrogen (secondary N) is 1. The lowest BCUT2D eigenvalue weighted by atomic mass is 9.84. The van der Waals surface area contributed by atoms with Crippen LogP contribution in [0.15, 0.2) is 53.7 Å². The Kier molecular flexibility index (Phi) is 6.80. The molecule has 3 N–H and O–H groups in total. The molecule has 33 heavy (non-hydrogen) atoms. The molecule has 0 radical (unpaired) electrons. The van der Waals surface area contributed by atoms with Crippen molar-refractivity contribution in [3.8, 4) is 22.8 Å². The van der Waals surface area contributed by atoms with Gasteiger partial charge in [0.15, 0.2) is 5.83 Å². The van der Waals surface area contributed by atoms with E-state index in [4.69, 9.17) is 4.74 Å². The number of hydrogen-bond donors (Lipinski definition) is 3. The van der Waals surface area contributed by atoms with Gasteiger partial charge in [0.25, 0.3) is 0 Å². The first kappa shape index (κ1) is 22.6. The Morgan fingerprint density at radius 2 is 2.09 bits per heavy atom. The summed E-state index contributed by atoms with van der Waals surface area (Å²) in [6, 6.07) is 6.01. The molecule has 0 aliphatic heterocycles. The molecule has 1 heterocycles. The number of benzene rings is 1. The molecule has 1 unspecified atom stereocenters. The molecule has 172 valence electrons. The Hall–Kier alpha value is -3.57. The number of phenols is 1. The summed E-state index contributed by atoms with van der Waals surface area (Å²) in [5.41, 5.74) is 7.03. The van der Waals surface area contributed by atoms with Crippen molar-refractivity contribution < 1.29 is 24.1 Å². The molecule has 1 aromatic carbocycles. The number of carboxylic acids is 1. The van der Waals surface area contributed by atoms with Crippen LogP contribution in [0.4, 0.5) is 4.39 Å². The number of carboxylic acid groups (broad SMARTS) is 1. The molecule has 0 bridgehead atoms. The first-order chi connectivity index (χ1) is 16.0. The van der Waals surface area contributed by atoms with Crippen LogP contribution in [0.5, 0.6) is 11.5 Å². The van der Waals surface area contributed by atoms with Crippen LogP contribution in [0.2, 0.25) is 0 Å². The molecule has 1 aromatic heterocycles. The van der Waals surface area contributed by atoms with E-state index in [1.807, 2.05) is 0 Å². The number of nitrogens with zero attached hydrogens (tertiary/aromatic N) is 2. The molecule has 8 heteroatoms. The maximum Gasteiger partial charge on any atom is 0.320 e. The van der Waals surface area contributed by atoms with Gasteiger partial charge in [0.05, 0.1) is 24.1 Å². The highest BCUT2D eigenvalue weighted by Crippen LogP contribution is 2.39. The maximum atomic E-state index is 13.4. The molecule has 7 nitrogen and oxygen atoms in total. The van der Waals surface area contributed by atoms with Gasteiger partial charge in [0.2, 0.25) is 0 Å². The number of ether oxygens (including phenoxy) is 1. The smallest absolute Gasteiger partial charge is 0.320 e. The van der Waals surface area contributed by atoms with Crippen molar-refractivity contribution in [2.45, 2.75) is 44.7 Å². The highest BCUT2D eigenvalue weighted by atomic mass is 19.1. The van der Waals surface area contributed by atoms with Crippen molar-refractivity contribution in [1.82, 2.24) is 15.1 Å². The zero-order valence-electron chi connectivity index (χ0n) is 18.3. The highest BCUT2D eigenvalue weighted by molar-refractivity contribution is 5.78. The van der Waals surface area contributed by atoms with E-state index in [2.05, 4.69) is 21.9 Å². The second kappa shape index (κ2) is 9.92. The second-order valence-corrected chi connectivity index (χ2v) is 8.20. The number of halogens is 1. The van der Waals surface area contributed by atoms with Crippen molar-refractivity contribution >= 4 is 11.7 Å². The van der Waals surface area contributed by atoms with Crippen LogP contribution < -0.4 is 10.1 Å². The van der Waals surface area contributed by atoms with Gasteiger partial charge in [-0.25, -0.2) is 4.68 Å². The van der Waals surface area contributed by atoms with Crippen molar-refractivity contribution in [2.24, 2.45) is 5.92 Å². The summed E-state index contributed by atoms with van der Waals surface area (Å²) in [4.78, 5) is 11.9. The van der Waals surface area contributed by atoms with Crippen LogP contribution in [-0.4, -0.2) is 39.1 Å². The molecule has 2 aromatic rings. The lowest BCUT2D eigenvalue weighted by molar-refractivity contribution is -0.141. The summed E-state index contributed by atoms with van der Waals surface area (Å²) in [6.45, 7) is 0.217. The molecular weight excluding hydrogens is 425 g/mol. The van der Waals surface area contributed by atoms with E-state index < -0.39 is 17.8 Å². The van der Waals surface area contributed by atoms with Crippen molar-refractivity contribution in [3.63, 3.8) is 0 Å². The SMILES string of the molecule is COc1cccc(O)c1-c1cc(CNC(C(=O)O)C2CCCCC2)nn1C1=C=C=C(F)C=C1. The maximum absolute atomic E-state index is 13.4. The fourth-order valence-corrected chi connectivity index (χ4v) is 4.45. The number of rotatable bonds is 8. The first-order valence-corrected chi connectivity index (χ1v) is 11.0. The predicted molar refractivity (Wildman–Crippen MR) is 121 cm³/mol. The number of carbonyl (C=O) groups is 1. The van der Waals surface area contributed by atoms with Gasteiger partial charge >= 0.3 is 5.97 Å². The van der Waals surface area contributed by atoms with E-state index in [0.717, 1.165) is 32.1 Å². The van der Waals surface area contributed by atoms with Crippen molar-refractivity contribution in [2.75, 3.05) is 7.11 Å². The lowest BCUT2D eigenvalue weighted by Crippen LogP contribution is -2.43. The minimum Gasteiger partial charge on any atom is -0.507 e. The largest absolute Gasteiger partial charge is 0.507 e. The van der Waals surface area contributed by atoms with E-state index in [1.54, 1.807) is 18.2 Å². The van der Waals surface area contributed by atoms with E-state index >= 15 is 0 Å². The molecule has 0 amide bonds. The number of methoxy groups -OCH3 is 1. The monoisotopic (exact) mass is 451 g/mol. The number of aliphatic carboxylic acids is 1. The quantitative estimate of drug-likeness (QED) is 0.515. The number of allylic oxidation sites excluding steroid dienone is 4. The summed E-state index contributed by atoms with van der Waals surface area (Å²) < 4.78 is 20.4. The topological polar surface area (TPSA) is 96.6 Å². The van der Waals surface area contributed by atoms with E-state index in [-0.39, 0.29) is 18.2 Å². The molecule has 1 atom stereocenters. The molecule has 2 aliphatic carbocycles. The van der Waals surface area contributed by atoms with Crippen LogP contribution >= 0.6 is 0 Å². The number of aromatic nitrogens is 2. The number of aromatic hydroxyl groups is 1. The molecule has 0 spiro atoms. The first-order valence-electron chi connectivity index (χ1n) is 11.0. The van der Waals surface area contributed by atoms with Gasteiger partial charge < -0.3 is 14.9 Å². The van der Waals surface area contributed by atoms with Gasteiger partial charge in [0.1, 0.15) is 23.2 Å². The van der Waals surface area contributed by atoms with Gasteiger partial charge in [-0.15, -0.1) is 0 Å². The van der Waals surface area contributed by atoms with Gasteiger partial charge in [0, 0.05) is 6.54 Å². The second-order valence-electron chi connectivity index (χ2n) is 8.20. The summed E-state index contributed by atoms with van der Waals surface area (Å²) >= 11 is 0. The van der Waals surface area contributed by atoms with E-state index in [9.17, 15) is 19.4 Å². The Morgan fingerprint density at radius 1 is 1.30 bits per heavy atom. The zero-order chi connectivity index (χ0) is 23.4. The molecule has 4 rings (SSSR count). The third-order valence-electron chi connectivity index (χ3n) is 6.06. The standard InChI is InChI=1S/C25H26FN3O4/c1-33-22-9-5-8-21(30)23(22)20-14-18(28-29(20)19-12-10-17(26)11-13-19)15-27-24(25(31)32)16-6-3-2-4-7-16/h5,8-10,12,14,16,24,27,30H,2-4,6-7,15H2,1H3,(H,31,32). The van der Waals surface area contributed by atoms with Crippen molar-refractivity contribution in [1.29, 1.82) is 0 Å². The average Bonchev–Trinajstić information content (AvgIpc) is 3.23. The van der Waals surface area contributed by atoms with Crippen LogP contribution in [-0.2, 0) is 11.3 Å². The number of phenolic OH excluding ortho intramolecular Hbond substituents is 1. The van der Waals surface area contributed by atoms with Crippen LogP contribution in [0.1, 0.15) is 37.8 Å². The van der Waals surface area contributed by atoms with Gasteiger partial charge in [-0.05, 0) is 60.6 Å². The van der Waals surface area contributed by atoms with E-state index in [0.29, 0.717) is 28.4 Å². The molecular formula is C25H26FN3O4. The van der Waals surface area contributed by atoms with Crippen LogP contribution in [0.3, 0.4) is 0 Å². The highest BCUT2D eigenvalue weighted by Gasteiger charge is 2.29. The van der Waals surface area contributed by atoms with E-state index in [1.165, 1.54) is 30.0 Å². The third-order valence-corrected chi connectivity index (χ3v) is 6.06. The summed E-state index contributed by atoms with van der Waals surface area (Å²) in [6.07, 6.45) is 7.76. The summed E-state index contributed by atoms with van der Waals surface area (Å²) in [5.74, 6) is -0.910. The average molecular weight is 451 g/mol. The Bertz CT molecular complexity index is 1180. The van der Waals surface area contributed by atoms with Crippen LogP contribution in [0, 0.1) is 5.92 Å². The molecule has 1 fully saturated rings. The lowest BCUT2D eigenvalue weighted by Gasteiger charge is -2.27. The van der Waals surface area contributed by atoms with Gasteiger partial charge in [-0.2, -0.15) is 9.49 Å². The Labute approximate surface area is 191 Å². The molecule has 1 saturated carbocycles. The van der Waals surface area contributed by atoms with Gasteiger partial charge in [-0.1, -0.05) is 25.3 Å². The summed E-state index contributed by atoms with van der Waals surface area (Å²) in [5, 5.41) is 28.1. The Morgan fingerprint density at radius 3 is 2.76 bits per heavy atom.